The lowest BCUT2D eigenvalue weighted by atomic mass is 10.1. The van der Waals surface area contributed by atoms with E-state index in [4.69, 9.17) is 4.52 Å². The van der Waals surface area contributed by atoms with Crippen LogP contribution in [-0.4, -0.2) is 45.2 Å². The van der Waals surface area contributed by atoms with Crippen LogP contribution in [0.4, 0.5) is 0 Å². The van der Waals surface area contributed by atoms with Crippen LogP contribution in [0.3, 0.4) is 0 Å². The summed E-state index contributed by atoms with van der Waals surface area (Å²) in [6, 6.07) is 10.1. The molecule has 0 aliphatic rings. The molecule has 23 heavy (non-hydrogen) atoms. The van der Waals surface area contributed by atoms with Gasteiger partial charge < -0.3 is 9.42 Å². The summed E-state index contributed by atoms with van der Waals surface area (Å²) in [5, 5.41) is 3.71. The number of nitrogens with one attached hydrogen (secondary N) is 1. The van der Waals surface area contributed by atoms with E-state index in [1.807, 2.05) is 49.3 Å². The Morgan fingerprint density at radius 2 is 1.87 bits per heavy atom. The van der Waals surface area contributed by atoms with E-state index in [1.165, 1.54) is 5.56 Å². The number of aryl methyl sites for hydroxylation is 2. The summed E-state index contributed by atoms with van der Waals surface area (Å²) >= 11 is 0. The van der Waals surface area contributed by atoms with Gasteiger partial charge in [-0.15, -0.1) is 0 Å². The monoisotopic (exact) mass is 337 g/mol. The van der Waals surface area contributed by atoms with Crippen molar-refractivity contribution in [2.75, 3.05) is 20.6 Å². The van der Waals surface area contributed by atoms with Crippen molar-refractivity contribution in [3.8, 4) is 0 Å². The summed E-state index contributed by atoms with van der Waals surface area (Å²) in [7, 11) is 0.252. The Morgan fingerprint density at radius 3 is 2.39 bits per heavy atom. The van der Waals surface area contributed by atoms with Gasteiger partial charge in [0.2, 0.25) is 10.0 Å². The molecule has 7 heteroatoms. The molecule has 0 saturated heterocycles. The topological polar surface area (TPSA) is 75.4 Å². The largest absolute Gasteiger partial charge is 0.360 e. The molecule has 0 bridgehead atoms. The zero-order valence-electron chi connectivity index (χ0n) is 13.9. The van der Waals surface area contributed by atoms with Crippen LogP contribution in [0.5, 0.6) is 0 Å². The van der Waals surface area contributed by atoms with Gasteiger partial charge in [-0.2, -0.15) is 0 Å². The molecule has 0 amide bonds. The molecule has 6 nitrogen and oxygen atoms in total. The molecule has 0 aliphatic carbocycles. The summed E-state index contributed by atoms with van der Waals surface area (Å²) in [6.07, 6.45) is 0.762. The minimum atomic E-state index is -3.63. The standard InChI is InChI=1S/C16H23N3O3S/c1-12-16(13(2)22-18-12)23(20,21)17-11-15(19(3)4)10-14-8-6-5-7-9-14/h5-9,15,17H,10-11H2,1-4H3/t15-/m1/s1. The molecule has 0 aliphatic heterocycles. The van der Waals surface area contributed by atoms with E-state index in [0.717, 1.165) is 6.42 Å². The Labute approximate surface area is 137 Å². The summed E-state index contributed by atoms with van der Waals surface area (Å²) in [4.78, 5) is 2.15. The number of nitrogens with zero attached hydrogens (tertiary/aromatic N) is 2. The fourth-order valence-corrected chi connectivity index (χ4v) is 3.86. The second-order valence-corrected chi connectivity index (χ2v) is 7.52. The maximum atomic E-state index is 12.5. The van der Waals surface area contributed by atoms with Gasteiger partial charge >= 0.3 is 0 Å². The maximum Gasteiger partial charge on any atom is 0.246 e. The molecule has 0 saturated carbocycles. The molecule has 2 aromatic rings. The molecular weight excluding hydrogens is 314 g/mol. The number of rotatable bonds is 7. The lowest BCUT2D eigenvalue weighted by molar-refractivity contribution is 0.291. The predicted octanol–water partition coefficient (Wildman–Crippen LogP) is 1.74. The molecule has 0 spiro atoms. The Morgan fingerprint density at radius 1 is 1.22 bits per heavy atom. The van der Waals surface area contributed by atoms with Crippen molar-refractivity contribution in [3.05, 3.63) is 47.3 Å². The molecule has 1 N–H and O–H groups in total. The van der Waals surface area contributed by atoms with Gasteiger partial charge in [-0.25, -0.2) is 13.1 Å². The highest BCUT2D eigenvalue weighted by molar-refractivity contribution is 7.89. The molecule has 1 aromatic heterocycles. The van der Waals surface area contributed by atoms with Gasteiger partial charge in [0.1, 0.15) is 10.6 Å². The molecule has 1 heterocycles. The van der Waals surface area contributed by atoms with Crippen LogP contribution < -0.4 is 4.72 Å². The Kier molecular flexibility index (Phi) is 5.56. The van der Waals surface area contributed by atoms with Gasteiger partial charge in [0, 0.05) is 12.6 Å². The second-order valence-electron chi connectivity index (χ2n) is 5.81. The molecule has 2 rings (SSSR count). The molecule has 1 atom stereocenters. The van der Waals surface area contributed by atoms with Crippen molar-refractivity contribution >= 4 is 10.0 Å². The van der Waals surface area contributed by atoms with Gasteiger partial charge in [-0.1, -0.05) is 35.5 Å². The highest BCUT2D eigenvalue weighted by Gasteiger charge is 2.25. The van der Waals surface area contributed by atoms with Crippen LogP contribution in [0, 0.1) is 13.8 Å². The summed E-state index contributed by atoms with van der Waals surface area (Å²) in [5.74, 6) is 0.305. The van der Waals surface area contributed by atoms with Crippen LogP contribution in [-0.2, 0) is 16.4 Å². The first-order valence-corrected chi connectivity index (χ1v) is 8.92. The maximum absolute atomic E-state index is 12.5. The van der Waals surface area contributed by atoms with Crippen molar-refractivity contribution in [3.63, 3.8) is 0 Å². The quantitative estimate of drug-likeness (QED) is 0.833. The summed E-state index contributed by atoms with van der Waals surface area (Å²) < 4.78 is 32.6. The lowest BCUT2D eigenvalue weighted by Gasteiger charge is -2.24. The zero-order chi connectivity index (χ0) is 17.0. The number of likely N-dealkylation sites (N-methyl/N-ethyl adjacent to an activating group) is 1. The van der Waals surface area contributed by atoms with Crippen molar-refractivity contribution in [2.45, 2.75) is 31.2 Å². The van der Waals surface area contributed by atoms with Gasteiger partial charge in [-0.05, 0) is 39.9 Å². The fraction of sp³-hybridized carbons (Fsp3) is 0.438. The van der Waals surface area contributed by atoms with Crippen molar-refractivity contribution in [1.29, 1.82) is 0 Å². The normalized spacial score (nSPS) is 13.4. The first-order valence-electron chi connectivity index (χ1n) is 7.44. The number of hydrogen-bond acceptors (Lipinski definition) is 5. The molecule has 0 radical (unpaired) electrons. The van der Waals surface area contributed by atoms with Crippen molar-refractivity contribution in [2.24, 2.45) is 0 Å². The van der Waals surface area contributed by atoms with E-state index in [1.54, 1.807) is 13.8 Å². The summed E-state index contributed by atoms with van der Waals surface area (Å²) in [5.41, 5.74) is 1.54. The third-order valence-corrected chi connectivity index (χ3v) is 5.46. The summed E-state index contributed by atoms with van der Waals surface area (Å²) in [6.45, 7) is 3.54. The first kappa shape index (κ1) is 17.7. The van der Waals surface area contributed by atoms with Crippen molar-refractivity contribution in [1.82, 2.24) is 14.8 Å². The smallest absolute Gasteiger partial charge is 0.246 e. The highest BCUT2D eigenvalue weighted by Crippen LogP contribution is 2.18. The average molecular weight is 337 g/mol. The van der Waals surface area contributed by atoms with E-state index >= 15 is 0 Å². The van der Waals surface area contributed by atoms with Gasteiger partial charge in [0.05, 0.1) is 0 Å². The van der Waals surface area contributed by atoms with E-state index in [2.05, 4.69) is 9.88 Å². The molecular formula is C16H23N3O3S. The van der Waals surface area contributed by atoms with E-state index in [-0.39, 0.29) is 10.9 Å². The van der Waals surface area contributed by atoms with Gasteiger partial charge in [0.15, 0.2) is 5.76 Å². The number of aromatic nitrogens is 1. The van der Waals surface area contributed by atoms with E-state index < -0.39 is 10.0 Å². The second kappa shape index (κ2) is 7.25. The van der Waals surface area contributed by atoms with E-state index in [9.17, 15) is 8.42 Å². The van der Waals surface area contributed by atoms with Crippen LogP contribution in [0.1, 0.15) is 17.0 Å². The highest BCUT2D eigenvalue weighted by atomic mass is 32.2. The van der Waals surface area contributed by atoms with Crippen molar-refractivity contribution < 1.29 is 12.9 Å². The Hall–Kier alpha value is -1.70. The molecule has 126 valence electrons. The van der Waals surface area contributed by atoms with Gasteiger partial charge in [-0.3, -0.25) is 0 Å². The third-order valence-electron chi connectivity index (χ3n) is 3.79. The van der Waals surface area contributed by atoms with E-state index in [0.29, 0.717) is 18.0 Å². The minimum absolute atomic E-state index is 0.0487. The Balaban J connectivity index is 2.10. The molecule has 1 aromatic carbocycles. The third kappa shape index (κ3) is 4.40. The predicted molar refractivity (Wildman–Crippen MR) is 88.8 cm³/mol. The average Bonchev–Trinajstić information content (AvgIpc) is 2.84. The Bertz CT molecular complexity index is 720. The van der Waals surface area contributed by atoms with Crippen LogP contribution in [0.25, 0.3) is 0 Å². The lowest BCUT2D eigenvalue weighted by Crippen LogP contribution is -2.41. The zero-order valence-corrected chi connectivity index (χ0v) is 14.7. The van der Waals surface area contributed by atoms with Crippen LogP contribution in [0.2, 0.25) is 0 Å². The van der Waals surface area contributed by atoms with Gasteiger partial charge in [0.25, 0.3) is 0 Å². The number of benzene rings is 1. The molecule has 0 fully saturated rings. The number of sulfonamides is 1. The number of hydrogen-bond donors (Lipinski definition) is 1. The molecule has 0 unspecified atom stereocenters. The SMILES string of the molecule is Cc1noc(C)c1S(=O)(=O)NC[C@@H](Cc1ccccc1)N(C)C. The first-order chi connectivity index (χ1) is 10.8. The fourth-order valence-electron chi connectivity index (χ4n) is 2.46. The van der Waals surface area contributed by atoms with Crippen LogP contribution in [0.15, 0.2) is 39.8 Å². The minimum Gasteiger partial charge on any atom is -0.360 e. The van der Waals surface area contributed by atoms with Crippen LogP contribution >= 0.6 is 0 Å².